The standard InChI is InChI=1S/C24H24N4O/c1-28(17-18-7-3-2-4-8-18)24(29)20-13-21(16-25-14-20)26-12-11-19-15-27-23-10-6-5-9-22(19)23/h2-10,13-16,26-27H,11-12,17H2,1H3. The lowest BCUT2D eigenvalue weighted by Crippen LogP contribution is -2.26. The highest BCUT2D eigenvalue weighted by Gasteiger charge is 2.13. The van der Waals surface area contributed by atoms with Crippen molar-refractivity contribution >= 4 is 22.5 Å². The summed E-state index contributed by atoms with van der Waals surface area (Å²) in [5, 5.41) is 4.63. The first-order valence-electron chi connectivity index (χ1n) is 9.74. The number of hydrogen-bond donors (Lipinski definition) is 2. The largest absolute Gasteiger partial charge is 0.383 e. The fraction of sp³-hybridized carbons (Fsp3) is 0.167. The Kier molecular flexibility index (Phi) is 5.56. The van der Waals surface area contributed by atoms with Crippen molar-refractivity contribution in [1.82, 2.24) is 14.9 Å². The molecule has 4 rings (SSSR count). The normalized spacial score (nSPS) is 10.8. The van der Waals surface area contributed by atoms with Crippen molar-refractivity contribution < 1.29 is 4.79 Å². The number of carbonyl (C=O) groups excluding carboxylic acids is 1. The second-order valence-corrected chi connectivity index (χ2v) is 7.15. The third-order valence-electron chi connectivity index (χ3n) is 4.99. The number of amides is 1. The molecule has 29 heavy (non-hydrogen) atoms. The maximum atomic E-state index is 12.8. The van der Waals surface area contributed by atoms with Crippen LogP contribution in [0.25, 0.3) is 10.9 Å². The maximum absolute atomic E-state index is 12.8. The lowest BCUT2D eigenvalue weighted by atomic mass is 10.1. The number of hydrogen-bond acceptors (Lipinski definition) is 3. The SMILES string of the molecule is CN(Cc1ccccc1)C(=O)c1cncc(NCCc2c[nH]c3ccccc23)c1. The zero-order valence-corrected chi connectivity index (χ0v) is 16.4. The molecule has 0 atom stereocenters. The topological polar surface area (TPSA) is 61.0 Å². The maximum Gasteiger partial charge on any atom is 0.255 e. The smallest absolute Gasteiger partial charge is 0.255 e. The summed E-state index contributed by atoms with van der Waals surface area (Å²) in [5.41, 5.74) is 4.96. The van der Waals surface area contributed by atoms with Crippen LogP contribution in [0.3, 0.4) is 0 Å². The lowest BCUT2D eigenvalue weighted by Gasteiger charge is -2.17. The van der Waals surface area contributed by atoms with Gasteiger partial charge in [0, 0.05) is 49.6 Å². The van der Waals surface area contributed by atoms with Crippen LogP contribution in [0, 0.1) is 0 Å². The van der Waals surface area contributed by atoms with E-state index in [1.165, 1.54) is 10.9 Å². The first-order chi connectivity index (χ1) is 14.2. The van der Waals surface area contributed by atoms with Crippen molar-refractivity contribution in [3.8, 4) is 0 Å². The number of rotatable bonds is 7. The van der Waals surface area contributed by atoms with Crippen LogP contribution in [0.15, 0.2) is 79.3 Å². The Labute approximate surface area is 170 Å². The molecule has 5 heteroatoms. The second kappa shape index (κ2) is 8.61. The summed E-state index contributed by atoms with van der Waals surface area (Å²) in [4.78, 5) is 22.0. The Morgan fingerprint density at radius 2 is 1.86 bits per heavy atom. The Balaban J connectivity index is 1.37. The van der Waals surface area contributed by atoms with E-state index in [9.17, 15) is 4.79 Å². The second-order valence-electron chi connectivity index (χ2n) is 7.15. The van der Waals surface area contributed by atoms with Crippen LogP contribution in [0.4, 0.5) is 5.69 Å². The molecule has 0 fully saturated rings. The quantitative estimate of drug-likeness (QED) is 0.493. The predicted octanol–water partition coefficient (Wildman–Crippen LogP) is 4.49. The van der Waals surface area contributed by atoms with E-state index in [-0.39, 0.29) is 5.91 Å². The van der Waals surface area contributed by atoms with Crippen molar-refractivity contribution in [2.45, 2.75) is 13.0 Å². The average Bonchev–Trinajstić information content (AvgIpc) is 3.17. The highest BCUT2D eigenvalue weighted by atomic mass is 16.2. The molecule has 0 aliphatic heterocycles. The molecule has 0 aliphatic carbocycles. The Bertz CT molecular complexity index is 1100. The summed E-state index contributed by atoms with van der Waals surface area (Å²) in [6.45, 7) is 1.33. The van der Waals surface area contributed by atoms with Gasteiger partial charge in [-0.3, -0.25) is 9.78 Å². The number of nitrogens with zero attached hydrogens (tertiary/aromatic N) is 2. The summed E-state index contributed by atoms with van der Waals surface area (Å²) in [7, 11) is 1.81. The summed E-state index contributed by atoms with van der Waals surface area (Å²) in [6.07, 6.45) is 6.32. The molecule has 0 spiro atoms. The van der Waals surface area contributed by atoms with Crippen LogP contribution >= 0.6 is 0 Å². The number of aromatic amines is 1. The first kappa shape index (κ1) is 18.7. The molecule has 146 valence electrons. The van der Waals surface area contributed by atoms with Gasteiger partial charge in [-0.1, -0.05) is 48.5 Å². The minimum atomic E-state index is -0.0402. The molecule has 0 radical (unpaired) electrons. The van der Waals surface area contributed by atoms with Crippen molar-refractivity contribution in [2.24, 2.45) is 0 Å². The van der Waals surface area contributed by atoms with Crippen molar-refractivity contribution in [3.05, 3.63) is 95.9 Å². The van der Waals surface area contributed by atoms with E-state index in [1.807, 2.05) is 49.5 Å². The van der Waals surface area contributed by atoms with Crippen LogP contribution in [0.1, 0.15) is 21.5 Å². The summed E-state index contributed by atoms with van der Waals surface area (Å²) >= 11 is 0. The highest BCUT2D eigenvalue weighted by Crippen LogP contribution is 2.18. The van der Waals surface area contributed by atoms with Gasteiger partial charge in [0.2, 0.25) is 0 Å². The van der Waals surface area contributed by atoms with Crippen LogP contribution < -0.4 is 5.32 Å². The van der Waals surface area contributed by atoms with Crippen molar-refractivity contribution in [2.75, 3.05) is 18.9 Å². The highest BCUT2D eigenvalue weighted by molar-refractivity contribution is 5.94. The number of para-hydroxylation sites is 1. The van der Waals surface area contributed by atoms with Gasteiger partial charge >= 0.3 is 0 Å². The van der Waals surface area contributed by atoms with Gasteiger partial charge in [-0.15, -0.1) is 0 Å². The molecule has 1 amide bonds. The number of nitrogens with one attached hydrogen (secondary N) is 2. The van der Waals surface area contributed by atoms with E-state index in [1.54, 1.807) is 17.3 Å². The van der Waals surface area contributed by atoms with Gasteiger partial charge < -0.3 is 15.2 Å². The third-order valence-corrected chi connectivity index (χ3v) is 4.99. The van der Waals surface area contributed by atoms with Crippen molar-refractivity contribution in [3.63, 3.8) is 0 Å². The molecule has 5 nitrogen and oxygen atoms in total. The number of benzene rings is 2. The third kappa shape index (κ3) is 4.46. The van der Waals surface area contributed by atoms with E-state index in [2.05, 4.69) is 39.7 Å². The molecule has 2 aromatic heterocycles. The molecule has 2 heterocycles. The number of fused-ring (bicyclic) bond motifs is 1. The van der Waals surface area contributed by atoms with Crippen LogP contribution in [-0.4, -0.2) is 34.4 Å². The molecule has 0 bridgehead atoms. The van der Waals surface area contributed by atoms with Gasteiger partial charge in [-0.2, -0.15) is 0 Å². The molecule has 4 aromatic rings. The molecule has 2 aromatic carbocycles. The minimum Gasteiger partial charge on any atom is -0.383 e. The number of pyridine rings is 1. The van der Waals surface area contributed by atoms with Gasteiger partial charge in [0.1, 0.15) is 0 Å². The Morgan fingerprint density at radius 3 is 2.72 bits per heavy atom. The Hall–Kier alpha value is -3.60. The van der Waals surface area contributed by atoms with E-state index >= 15 is 0 Å². The van der Waals surface area contributed by atoms with E-state index in [0.717, 1.165) is 29.7 Å². The first-order valence-corrected chi connectivity index (χ1v) is 9.74. The Morgan fingerprint density at radius 1 is 1.07 bits per heavy atom. The summed E-state index contributed by atoms with van der Waals surface area (Å²) in [5.74, 6) is -0.0402. The fourth-order valence-electron chi connectivity index (χ4n) is 3.48. The molecule has 0 unspecified atom stereocenters. The monoisotopic (exact) mass is 384 g/mol. The molecule has 0 saturated carbocycles. The van der Waals surface area contributed by atoms with Crippen molar-refractivity contribution in [1.29, 1.82) is 0 Å². The van der Waals surface area contributed by atoms with Gasteiger partial charge in [0.05, 0.1) is 11.3 Å². The van der Waals surface area contributed by atoms with Crippen LogP contribution in [0.2, 0.25) is 0 Å². The number of H-pyrrole nitrogens is 1. The number of carbonyl (C=O) groups is 1. The summed E-state index contributed by atoms with van der Waals surface area (Å²) in [6, 6.07) is 20.1. The lowest BCUT2D eigenvalue weighted by molar-refractivity contribution is 0.0784. The van der Waals surface area contributed by atoms with Crippen LogP contribution in [0.5, 0.6) is 0 Å². The molecular formula is C24H24N4O. The van der Waals surface area contributed by atoms with Gasteiger partial charge in [0.15, 0.2) is 0 Å². The van der Waals surface area contributed by atoms with Gasteiger partial charge in [-0.25, -0.2) is 0 Å². The molecular weight excluding hydrogens is 360 g/mol. The van der Waals surface area contributed by atoms with E-state index in [4.69, 9.17) is 0 Å². The molecule has 0 saturated heterocycles. The zero-order chi connectivity index (χ0) is 20.1. The van der Waals surface area contributed by atoms with Gasteiger partial charge in [0.25, 0.3) is 5.91 Å². The predicted molar refractivity (Wildman–Crippen MR) is 117 cm³/mol. The average molecular weight is 384 g/mol. The van der Waals surface area contributed by atoms with Crippen LogP contribution in [-0.2, 0) is 13.0 Å². The zero-order valence-electron chi connectivity index (χ0n) is 16.4. The van der Waals surface area contributed by atoms with E-state index < -0.39 is 0 Å². The number of aromatic nitrogens is 2. The number of anilines is 1. The minimum absolute atomic E-state index is 0.0402. The molecule has 0 aliphatic rings. The van der Waals surface area contributed by atoms with Gasteiger partial charge in [-0.05, 0) is 29.7 Å². The summed E-state index contributed by atoms with van der Waals surface area (Å²) < 4.78 is 0. The fourth-order valence-corrected chi connectivity index (χ4v) is 3.48. The molecule has 2 N–H and O–H groups in total. The van der Waals surface area contributed by atoms with E-state index in [0.29, 0.717) is 12.1 Å².